The smallest absolute Gasteiger partial charge is 0.0550 e. The van der Waals surface area contributed by atoms with E-state index in [2.05, 4.69) is 15.9 Å². The molecule has 0 radical (unpaired) electrons. The van der Waals surface area contributed by atoms with Gasteiger partial charge in [0, 0.05) is 23.1 Å². The van der Waals surface area contributed by atoms with Crippen molar-refractivity contribution in [3.8, 4) is 0 Å². The van der Waals surface area contributed by atoms with E-state index in [0.29, 0.717) is 19.6 Å². The zero-order chi connectivity index (χ0) is 13.4. The number of hydrogen-bond donors (Lipinski definition) is 2. The van der Waals surface area contributed by atoms with Crippen LogP contribution in [0.1, 0.15) is 25.3 Å². The van der Waals surface area contributed by atoms with E-state index < -0.39 is 5.41 Å². The van der Waals surface area contributed by atoms with E-state index in [0.717, 1.165) is 16.5 Å². The van der Waals surface area contributed by atoms with E-state index >= 15 is 0 Å². The average Bonchev–Trinajstić information content (AvgIpc) is 2.41. The SMILES string of the molecule is CCOCCCC(CO)(CO)c1ccccc1Br. The van der Waals surface area contributed by atoms with Crippen LogP contribution in [-0.4, -0.2) is 36.6 Å². The van der Waals surface area contributed by atoms with Gasteiger partial charge < -0.3 is 14.9 Å². The summed E-state index contributed by atoms with van der Waals surface area (Å²) < 4.78 is 6.23. The number of hydrogen-bond acceptors (Lipinski definition) is 3. The Morgan fingerprint density at radius 2 is 1.89 bits per heavy atom. The predicted molar refractivity (Wildman–Crippen MR) is 75.7 cm³/mol. The monoisotopic (exact) mass is 316 g/mol. The molecule has 4 heteroatoms. The number of benzene rings is 1. The fraction of sp³-hybridized carbons (Fsp3) is 0.571. The van der Waals surface area contributed by atoms with Crippen LogP contribution in [0.4, 0.5) is 0 Å². The number of aliphatic hydroxyl groups excluding tert-OH is 2. The van der Waals surface area contributed by atoms with E-state index in [1.807, 2.05) is 31.2 Å². The Labute approximate surface area is 117 Å². The van der Waals surface area contributed by atoms with Gasteiger partial charge in [-0.2, -0.15) is 0 Å². The number of aliphatic hydroxyl groups is 2. The highest BCUT2D eigenvalue weighted by atomic mass is 79.9. The van der Waals surface area contributed by atoms with Gasteiger partial charge >= 0.3 is 0 Å². The second kappa shape index (κ2) is 7.89. The molecule has 18 heavy (non-hydrogen) atoms. The van der Waals surface area contributed by atoms with Gasteiger partial charge in [-0.3, -0.25) is 0 Å². The molecule has 1 rings (SSSR count). The third-order valence-corrected chi connectivity index (χ3v) is 3.89. The molecule has 0 spiro atoms. The van der Waals surface area contributed by atoms with E-state index in [9.17, 15) is 10.2 Å². The lowest BCUT2D eigenvalue weighted by molar-refractivity contribution is 0.0888. The minimum absolute atomic E-state index is 0.0712. The minimum atomic E-state index is -0.600. The van der Waals surface area contributed by atoms with E-state index in [4.69, 9.17) is 4.74 Å². The number of rotatable bonds is 8. The molecule has 0 bridgehead atoms. The molecule has 0 heterocycles. The normalized spacial score (nSPS) is 11.8. The molecule has 0 aliphatic carbocycles. The summed E-state index contributed by atoms with van der Waals surface area (Å²) in [6, 6.07) is 7.71. The molecule has 102 valence electrons. The summed E-state index contributed by atoms with van der Waals surface area (Å²) in [5.41, 5.74) is 0.350. The highest BCUT2D eigenvalue weighted by Gasteiger charge is 2.32. The van der Waals surface area contributed by atoms with Gasteiger partial charge in [0.05, 0.1) is 13.2 Å². The van der Waals surface area contributed by atoms with Crippen molar-refractivity contribution in [1.29, 1.82) is 0 Å². The maximum atomic E-state index is 9.69. The lowest BCUT2D eigenvalue weighted by Crippen LogP contribution is -2.35. The second-order valence-corrected chi connectivity index (χ2v) is 5.23. The van der Waals surface area contributed by atoms with Crippen molar-refractivity contribution < 1.29 is 14.9 Å². The van der Waals surface area contributed by atoms with Crippen LogP contribution in [0.5, 0.6) is 0 Å². The molecule has 0 aromatic heterocycles. The van der Waals surface area contributed by atoms with Gasteiger partial charge in [0.15, 0.2) is 0 Å². The second-order valence-electron chi connectivity index (χ2n) is 4.38. The fourth-order valence-corrected chi connectivity index (χ4v) is 2.77. The van der Waals surface area contributed by atoms with Crippen molar-refractivity contribution in [3.63, 3.8) is 0 Å². The third kappa shape index (κ3) is 3.79. The maximum Gasteiger partial charge on any atom is 0.0550 e. The molecule has 3 nitrogen and oxygen atoms in total. The molecule has 0 amide bonds. The standard InChI is InChI=1S/C14H21BrO3/c1-2-18-9-5-8-14(10-16,11-17)12-6-3-4-7-13(12)15/h3-4,6-7,16-17H,2,5,8-11H2,1H3. The Balaban J connectivity index is 2.83. The Kier molecular flexibility index (Phi) is 6.86. The first-order valence-corrected chi connectivity index (χ1v) is 7.04. The van der Waals surface area contributed by atoms with E-state index in [1.54, 1.807) is 0 Å². The molecule has 0 aliphatic heterocycles. The molecule has 0 fully saturated rings. The van der Waals surface area contributed by atoms with Crippen LogP contribution in [-0.2, 0) is 10.2 Å². The molecule has 0 unspecified atom stereocenters. The summed E-state index contributed by atoms with van der Waals surface area (Å²) in [6.07, 6.45) is 1.51. The highest BCUT2D eigenvalue weighted by Crippen LogP contribution is 2.33. The Morgan fingerprint density at radius 3 is 2.44 bits per heavy atom. The van der Waals surface area contributed by atoms with Crippen molar-refractivity contribution in [1.82, 2.24) is 0 Å². The van der Waals surface area contributed by atoms with Gasteiger partial charge in [-0.05, 0) is 31.4 Å². The van der Waals surface area contributed by atoms with E-state index in [1.165, 1.54) is 0 Å². The quantitative estimate of drug-likeness (QED) is 0.724. The van der Waals surface area contributed by atoms with Crippen LogP contribution in [0, 0.1) is 0 Å². The minimum Gasteiger partial charge on any atom is -0.395 e. The summed E-state index contributed by atoms with van der Waals surface area (Å²) in [6.45, 7) is 3.17. The van der Waals surface area contributed by atoms with Gasteiger partial charge in [-0.15, -0.1) is 0 Å². The van der Waals surface area contributed by atoms with Crippen LogP contribution >= 0.6 is 15.9 Å². The summed E-state index contributed by atoms with van der Waals surface area (Å²) >= 11 is 3.48. The summed E-state index contributed by atoms with van der Waals surface area (Å²) in [5.74, 6) is 0. The van der Waals surface area contributed by atoms with Crippen LogP contribution < -0.4 is 0 Å². The van der Waals surface area contributed by atoms with Crippen LogP contribution in [0.2, 0.25) is 0 Å². The Morgan fingerprint density at radius 1 is 1.22 bits per heavy atom. The molecule has 0 saturated heterocycles. The van der Waals surface area contributed by atoms with Gasteiger partial charge in [0.1, 0.15) is 0 Å². The van der Waals surface area contributed by atoms with Crippen LogP contribution in [0.15, 0.2) is 28.7 Å². The van der Waals surface area contributed by atoms with Gasteiger partial charge in [0.2, 0.25) is 0 Å². The Bertz CT molecular complexity index is 351. The molecule has 0 saturated carbocycles. The van der Waals surface area contributed by atoms with Crippen molar-refractivity contribution in [2.45, 2.75) is 25.2 Å². The number of halogens is 1. The van der Waals surface area contributed by atoms with Crippen molar-refractivity contribution in [2.75, 3.05) is 26.4 Å². The lowest BCUT2D eigenvalue weighted by Gasteiger charge is -2.31. The molecule has 2 N–H and O–H groups in total. The topological polar surface area (TPSA) is 49.7 Å². The van der Waals surface area contributed by atoms with Gasteiger partial charge in [-0.25, -0.2) is 0 Å². The largest absolute Gasteiger partial charge is 0.395 e. The lowest BCUT2D eigenvalue weighted by atomic mass is 9.78. The molecular formula is C14H21BrO3. The summed E-state index contributed by atoms with van der Waals surface area (Å²) in [5, 5.41) is 19.4. The first-order chi connectivity index (χ1) is 8.70. The summed E-state index contributed by atoms with van der Waals surface area (Å²) in [4.78, 5) is 0. The highest BCUT2D eigenvalue weighted by molar-refractivity contribution is 9.10. The first kappa shape index (κ1) is 15.6. The van der Waals surface area contributed by atoms with Crippen LogP contribution in [0.25, 0.3) is 0 Å². The van der Waals surface area contributed by atoms with Gasteiger partial charge in [0.25, 0.3) is 0 Å². The predicted octanol–water partition coefficient (Wildman–Crippen LogP) is 2.49. The zero-order valence-corrected chi connectivity index (χ0v) is 12.3. The first-order valence-electron chi connectivity index (χ1n) is 6.24. The van der Waals surface area contributed by atoms with Crippen LogP contribution in [0.3, 0.4) is 0 Å². The average molecular weight is 317 g/mol. The zero-order valence-electron chi connectivity index (χ0n) is 10.7. The third-order valence-electron chi connectivity index (χ3n) is 3.20. The van der Waals surface area contributed by atoms with Crippen molar-refractivity contribution in [2.24, 2.45) is 0 Å². The maximum absolute atomic E-state index is 9.69. The van der Waals surface area contributed by atoms with Crippen molar-refractivity contribution >= 4 is 15.9 Å². The summed E-state index contributed by atoms with van der Waals surface area (Å²) in [7, 11) is 0. The number of ether oxygens (including phenoxy) is 1. The Hall–Kier alpha value is -0.420. The van der Waals surface area contributed by atoms with E-state index in [-0.39, 0.29) is 13.2 Å². The molecular weight excluding hydrogens is 296 g/mol. The molecule has 1 aromatic carbocycles. The van der Waals surface area contributed by atoms with Crippen molar-refractivity contribution in [3.05, 3.63) is 34.3 Å². The molecule has 0 atom stereocenters. The fourth-order valence-electron chi connectivity index (χ4n) is 2.06. The van der Waals surface area contributed by atoms with Gasteiger partial charge in [-0.1, -0.05) is 34.1 Å². The molecule has 1 aromatic rings. The molecule has 0 aliphatic rings.